The number of nitrogens with one attached hydrogen (secondary N) is 2. The van der Waals surface area contributed by atoms with Gasteiger partial charge in [-0.2, -0.15) is 4.98 Å². The molecule has 0 spiro atoms. The van der Waals surface area contributed by atoms with Crippen molar-refractivity contribution in [3.63, 3.8) is 0 Å². The summed E-state index contributed by atoms with van der Waals surface area (Å²) in [5, 5.41) is 5.91. The second-order valence-electron chi connectivity index (χ2n) is 8.68. The van der Waals surface area contributed by atoms with Gasteiger partial charge in [-0.1, -0.05) is 37.3 Å². The number of aryl methyl sites for hydroxylation is 1. The Hall–Kier alpha value is -3.40. The van der Waals surface area contributed by atoms with Gasteiger partial charge in [0.1, 0.15) is 6.54 Å². The van der Waals surface area contributed by atoms with Crippen LogP contribution in [0.4, 0.5) is 5.95 Å². The van der Waals surface area contributed by atoms with Gasteiger partial charge >= 0.3 is 5.69 Å². The van der Waals surface area contributed by atoms with Crippen molar-refractivity contribution in [3.05, 3.63) is 56.7 Å². The van der Waals surface area contributed by atoms with Crippen LogP contribution >= 0.6 is 0 Å². The molecule has 3 heterocycles. The van der Waals surface area contributed by atoms with Gasteiger partial charge in [0.2, 0.25) is 11.9 Å². The summed E-state index contributed by atoms with van der Waals surface area (Å²) in [6.07, 6.45) is 1.33. The summed E-state index contributed by atoms with van der Waals surface area (Å²) >= 11 is 0. The van der Waals surface area contributed by atoms with E-state index in [4.69, 9.17) is 4.98 Å². The molecule has 2 N–H and O–H groups in total. The Labute approximate surface area is 198 Å². The van der Waals surface area contributed by atoms with Gasteiger partial charge in [0, 0.05) is 45.8 Å². The predicted molar refractivity (Wildman–Crippen MR) is 133 cm³/mol. The topological polar surface area (TPSA) is 106 Å². The van der Waals surface area contributed by atoms with Gasteiger partial charge in [-0.3, -0.25) is 18.7 Å². The molecular weight excluding hydrogens is 434 g/mol. The summed E-state index contributed by atoms with van der Waals surface area (Å²) in [5.41, 5.74) is 0.794. The lowest BCUT2D eigenvalue weighted by Gasteiger charge is -2.30. The number of aromatic nitrogens is 4. The largest absolute Gasteiger partial charge is 0.358 e. The van der Waals surface area contributed by atoms with Crippen LogP contribution in [0.5, 0.6) is 0 Å². The first-order chi connectivity index (χ1) is 16.5. The zero-order valence-electron chi connectivity index (χ0n) is 20.1. The fourth-order valence-electron chi connectivity index (χ4n) is 4.38. The maximum Gasteiger partial charge on any atom is 0.333 e. The number of benzene rings is 1. The number of hydrogen-bond donors (Lipinski definition) is 2. The van der Waals surface area contributed by atoms with Crippen LogP contribution in [0.15, 0.2) is 39.9 Å². The van der Waals surface area contributed by atoms with E-state index in [1.807, 2.05) is 34.9 Å². The smallest absolute Gasteiger partial charge is 0.333 e. The van der Waals surface area contributed by atoms with Crippen molar-refractivity contribution in [2.45, 2.75) is 45.8 Å². The SMILES string of the molecule is CCC(C)n1c(N2CCNCC2)nc2c1c(=O)n(CCc1ccccc1)c(=O)n2CC(=O)NC. The maximum absolute atomic E-state index is 13.8. The summed E-state index contributed by atoms with van der Waals surface area (Å²) in [7, 11) is 1.53. The van der Waals surface area contributed by atoms with E-state index in [1.54, 1.807) is 0 Å². The summed E-state index contributed by atoms with van der Waals surface area (Å²) in [6, 6.07) is 9.74. The van der Waals surface area contributed by atoms with Gasteiger partial charge in [-0.05, 0) is 25.3 Å². The third-order valence-corrected chi connectivity index (χ3v) is 6.52. The Kier molecular flexibility index (Phi) is 7.16. The zero-order chi connectivity index (χ0) is 24.2. The standard InChI is InChI=1S/C24H33N7O3/c1-4-17(2)31-20-21(27-23(31)28-14-11-26-12-15-28)30(16-19(32)25-3)24(34)29(22(20)33)13-10-18-8-6-5-7-9-18/h5-9,17,26H,4,10-16H2,1-3H3,(H,25,32). The molecule has 1 atom stereocenters. The first-order valence-corrected chi connectivity index (χ1v) is 11.9. The van der Waals surface area contributed by atoms with E-state index >= 15 is 0 Å². The maximum atomic E-state index is 13.8. The Morgan fingerprint density at radius 1 is 1.15 bits per heavy atom. The fourth-order valence-corrected chi connectivity index (χ4v) is 4.38. The molecule has 1 aromatic carbocycles. The van der Waals surface area contributed by atoms with Crippen LogP contribution in [-0.4, -0.2) is 57.8 Å². The van der Waals surface area contributed by atoms with Gasteiger partial charge in [0.05, 0.1) is 0 Å². The van der Waals surface area contributed by atoms with Crippen molar-refractivity contribution >= 4 is 23.0 Å². The molecule has 1 fully saturated rings. The molecule has 0 radical (unpaired) electrons. The Bertz CT molecular complexity index is 1270. The van der Waals surface area contributed by atoms with Crippen molar-refractivity contribution in [3.8, 4) is 0 Å². The Morgan fingerprint density at radius 2 is 1.85 bits per heavy atom. The Balaban J connectivity index is 1.94. The number of imidazole rings is 1. The Morgan fingerprint density at radius 3 is 2.50 bits per heavy atom. The number of carbonyl (C=O) groups excluding carboxylic acids is 1. The van der Waals surface area contributed by atoms with Crippen molar-refractivity contribution < 1.29 is 4.79 Å². The molecule has 0 aliphatic carbocycles. The number of hydrogen-bond acceptors (Lipinski definition) is 6. The van der Waals surface area contributed by atoms with Crippen LogP contribution in [0.3, 0.4) is 0 Å². The third-order valence-electron chi connectivity index (χ3n) is 6.52. The minimum atomic E-state index is -0.516. The van der Waals surface area contributed by atoms with Gasteiger partial charge in [0.25, 0.3) is 5.56 Å². The van der Waals surface area contributed by atoms with Gasteiger partial charge in [-0.25, -0.2) is 4.79 Å². The average molecular weight is 468 g/mol. The van der Waals surface area contributed by atoms with E-state index in [9.17, 15) is 14.4 Å². The zero-order valence-corrected chi connectivity index (χ0v) is 20.1. The van der Waals surface area contributed by atoms with Crippen molar-refractivity contribution in [2.75, 3.05) is 38.1 Å². The van der Waals surface area contributed by atoms with Crippen LogP contribution in [0, 0.1) is 0 Å². The minimum absolute atomic E-state index is 0.00360. The monoisotopic (exact) mass is 467 g/mol. The molecule has 10 heteroatoms. The lowest BCUT2D eigenvalue weighted by molar-refractivity contribution is -0.121. The third kappa shape index (κ3) is 4.50. The molecule has 182 valence electrons. The minimum Gasteiger partial charge on any atom is -0.358 e. The molecule has 10 nitrogen and oxygen atoms in total. The van der Waals surface area contributed by atoms with Crippen molar-refractivity contribution in [1.29, 1.82) is 0 Å². The number of fused-ring (bicyclic) bond motifs is 1. The second kappa shape index (κ2) is 10.3. The summed E-state index contributed by atoms with van der Waals surface area (Å²) in [4.78, 5) is 46.5. The number of nitrogens with zero attached hydrogens (tertiary/aromatic N) is 5. The molecule has 4 rings (SSSR count). The number of likely N-dealkylation sites (N-methyl/N-ethyl adjacent to an activating group) is 1. The molecule has 0 saturated carbocycles. The highest BCUT2D eigenvalue weighted by molar-refractivity contribution is 5.79. The number of amides is 1. The summed E-state index contributed by atoms with van der Waals surface area (Å²) < 4.78 is 4.55. The predicted octanol–water partition coefficient (Wildman–Crippen LogP) is 0.729. The second-order valence-corrected chi connectivity index (χ2v) is 8.68. The molecule has 1 saturated heterocycles. The average Bonchev–Trinajstić information content (AvgIpc) is 3.28. The fraction of sp³-hybridized carbons (Fsp3) is 0.500. The first-order valence-electron chi connectivity index (χ1n) is 11.9. The lowest BCUT2D eigenvalue weighted by atomic mass is 10.1. The molecule has 1 unspecified atom stereocenters. The van der Waals surface area contributed by atoms with E-state index in [0.717, 1.165) is 38.2 Å². The molecule has 1 aliphatic heterocycles. The molecule has 3 aromatic rings. The lowest BCUT2D eigenvalue weighted by Crippen LogP contribution is -2.45. The van der Waals surface area contributed by atoms with Crippen LogP contribution in [-0.2, 0) is 24.3 Å². The quantitative estimate of drug-likeness (QED) is 0.506. The molecule has 2 aromatic heterocycles. The number of anilines is 1. The normalized spacial score (nSPS) is 15.0. The first kappa shape index (κ1) is 23.7. The van der Waals surface area contributed by atoms with Gasteiger partial charge in [-0.15, -0.1) is 0 Å². The van der Waals surface area contributed by atoms with E-state index < -0.39 is 5.69 Å². The van der Waals surface area contributed by atoms with Crippen LogP contribution in [0.25, 0.3) is 11.2 Å². The molecular formula is C24H33N7O3. The summed E-state index contributed by atoms with van der Waals surface area (Å²) in [6.45, 7) is 7.27. The van der Waals surface area contributed by atoms with Crippen molar-refractivity contribution in [1.82, 2.24) is 29.3 Å². The van der Waals surface area contributed by atoms with Crippen LogP contribution < -0.4 is 26.8 Å². The molecule has 34 heavy (non-hydrogen) atoms. The highest BCUT2D eigenvalue weighted by Crippen LogP contribution is 2.26. The van der Waals surface area contributed by atoms with Crippen LogP contribution in [0.1, 0.15) is 31.9 Å². The highest BCUT2D eigenvalue weighted by Gasteiger charge is 2.27. The number of rotatable bonds is 8. The molecule has 1 aliphatic rings. The summed E-state index contributed by atoms with van der Waals surface area (Å²) in [5.74, 6) is 0.354. The highest BCUT2D eigenvalue weighted by atomic mass is 16.2. The van der Waals surface area contributed by atoms with E-state index in [1.165, 1.54) is 16.2 Å². The number of carbonyl (C=O) groups is 1. The van der Waals surface area contributed by atoms with Gasteiger partial charge in [0.15, 0.2) is 11.2 Å². The number of piperazine rings is 1. The molecule has 0 bridgehead atoms. The molecule has 1 amide bonds. The van der Waals surface area contributed by atoms with E-state index in [-0.39, 0.29) is 36.2 Å². The van der Waals surface area contributed by atoms with E-state index in [2.05, 4.69) is 29.4 Å². The van der Waals surface area contributed by atoms with Crippen molar-refractivity contribution in [2.24, 2.45) is 0 Å². The van der Waals surface area contributed by atoms with E-state index in [0.29, 0.717) is 17.9 Å². The van der Waals surface area contributed by atoms with Gasteiger partial charge < -0.3 is 20.1 Å². The van der Waals surface area contributed by atoms with Crippen LogP contribution in [0.2, 0.25) is 0 Å².